The van der Waals surface area contributed by atoms with E-state index >= 15 is 0 Å². The molecule has 0 bridgehead atoms. The summed E-state index contributed by atoms with van der Waals surface area (Å²) in [7, 11) is 1.41. The third kappa shape index (κ3) is 4.60. The molecule has 0 aliphatic heterocycles. The lowest BCUT2D eigenvalue weighted by atomic mass is 10.1. The van der Waals surface area contributed by atoms with Gasteiger partial charge in [0, 0.05) is 16.8 Å². The number of carbonyl (C=O) groups excluding carboxylic acids is 2. The summed E-state index contributed by atoms with van der Waals surface area (Å²) in [6.45, 7) is 0. The Labute approximate surface area is 171 Å². The average Bonchev–Trinajstić information content (AvgIpc) is 2.68. The zero-order valence-corrected chi connectivity index (χ0v) is 16.2. The number of ether oxygens (including phenoxy) is 1. The highest BCUT2D eigenvalue weighted by atomic mass is 35.5. The molecule has 0 saturated carbocycles. The third-order valence-corrected chi connectivity index (χ3v) is 4.40. The maximum atomic E-state index is 12.3. The van der Waals surface area contributed by atoms with Crippen LogP contribution < -0.4 is 15.4 Å². The summed E-state index contributed by atoms with van der Waals surface area (Å²) in [4.78, 5) is 28.6. The number of nitrogens with zero attached hydrogens (tertiary/aromatic N) is 1. The fourth-order valence-corrected chi connectivity index (χ4v) is 2.87. The van der Waals surface area contributed by atoms with Crippen LogP contribution in [0.1, 0.15) is 10.4 Å². The van der Waals surface area contributed by atoms with Gasteiger partial charge in [0.15, 0.2) is 0 Å². The van der Waals surface area contributed by atoms with Crippen molar-refractivity contribution in [2.75, 3.05) is 12.4 Å². The minimum atomic E-state index is -0.737. The number of hydrogen-bond donors (Lipinski definition) is 2. The quantitative estimate of drug-likeness (QED) is 0.626. The highest BCUT2D eigenvalue weighted by Gasteiger charge is 2.18. The van der Waals surface area contributed by atoms with E-state index in [0.29, 0.717) is 5.02 Å². The van der Waals surface area contributed by atoms with Crippen molar-refractivity contribution in [2.24, 2.45) is 0 Å². The molecular formula is C20H15Cl2N3O3. The van der Waals surface area contributed by atoms with Gasteiger partial charge in [-0.05, 0) is 42.0 Å². The first-order valence-electron chi connectivity index (χ1n) is 8.15. The Hall–Kier alpha value is -3.09. The fraction of sp³-hybridized carbons (Fsp3) is 0.0500. The summed E-state index contributed by atoms with van der Waals surface area (Å²) in [6.07, 6.45) is 1.61. The molecule has 2 N–H and O–H groups in total. The van der Waals surface area contributed by atoms with Crippen LogP contribution in [-0.2, 0) is 0 Å². The molecule has 0 fully saturated rings. The number of hydrogen-bond acceptors (Lipinski definition) is 4. The molecule has 1 heterocycles. The predicted octanol–water partition coefficient (Wildman–Crippen LogP) is 5.03. The Kier molecular flexibility index (Phi) is 6.13. The first-order valence-corrected chi connectivity index (χ1v) is 8.90. The highest BCUT2D eigenvalue weighted by molar-refractivity contribution is 6.34. The van der Waals surface area contributed by atoms with Crippen LogP contribution in [0.25, 0.3) is 11.1 Å². The van der Waals surface area contributed by atoms with Crippen LogP contribution in [0.15, 0.2) is 60.8 Å². The predicted molar refractivity (Wildman–Crippen MR) is 109 cm³/mol. The first kappa shape index (κ1) is 19.7. The van der Waals surface area contributed by atoms with E-state index in [2.05, 4.69) is 15.6 Å². The number of rotatable bonds is 4. The molecule has 1 aromatic heterocycles. The number of amides is 3. The molecule has 0 saturated heterocycles. The zero-order chi connectivity index (χ0) is 20.1. The van der Waals surface area contributed by atoms with E-state index in [1.165, 1.54) is 13.2 Å². The van der Waals surface area contributed by atoms with Gasteiger partial charge < -0.3 is 4.74 Å². The van der Waals surface area contributed by atoms with E-state index < -0.39 is 11.9 Å². The Morgan fingerprint density at radius 1 is 0.964 bits per heavy atom. The Morgan fingerprint density at radius 2 is 1.68 bits per heavy atom. The standard InChI is InChI=1S/C20H15Cl2N3O3/c1-28-16-4-2-3-15(22)18(16)19(26)25-20(27)24-17-10-7-13(11-23-17)12-5-8-14(21)9-6-12/h2-11H,1H3,(H2,23,24,25,26,27). The van der Waals surface area contributed by atoms with E-state index in [4.69, 9.17) is 27.9 Å². The normalized spacial score (nSPS) is 10.2. The largest absolute Gasteiger partial charge is 0.496 e. The summed E-state index contributed by atoms with van der Waals surface area (Å²) < 4.78 is 5.11. The van der Waals surface area contributed by atoms with Crippen molar-refractivity contribution in [1.29, 1.82) is 0 Å². The van der Waals surface area contributed by atoms with Crippen LogP contribution in [-0.4, -0.2) is 24.0 Å². The number of methoxy groups -OCH3 is 1. The van der Waals surface area contributed by atoms with Crippen molar-refractivity contribution in [1.82, 2.24) is 10.3 Å². The highest BCUT2D eigenvalue weighted by Crippen LogP contribution is 2.26. The molecule has 0 spiro atoms. The van der Waals surface area contributed by atoms with E-state index in [-0.39, 0.29) is 22.2 Å². The first-order chi connectivity index (χ1) is 13.5. The molecule has 2 aromatic carbocycles. The lowest BCUT2D eigenvalue weighted by molar-refractivity contribution is 0.0964. The molecule has 0 unspecified atom stereocenters. The number of benzene rings is 2. The number of halogens is 2. The summed E-state index contributed by atoms with van der Waals surface area (Å²) in [6, 6.07) is 14.8. The molecule has 3 aromatic rings. The van der Waals surface area contributed by atoms with Gasteiger partial charge in [-0.2, -0.15) is 0 Å². The number of aromatic nitrogens is 1. The fourth-order valence-electron chi connectivity index (χ4n) is 2.49. The Bertz CT molecular complexity index is 1010. The van der Waals surface area contributed by atoms with Crippen molar-refractivity contribution >= 4 is 41.0 Å². The lowest BCUT2D eigenvalue weighted by Crippen LogP contribution is -2.35. The van der Waals surface area contributed by atoms with Gasteiger partial charge in [-0.3, -0.25) is 15.4 Å². The second-order valence-electron chi connectivity index (χ2n) is 5.66. The summed E-state index contributed by atoms with van der Waals surface area (Å²) >= 11 is 11.9. The number of nitrogens with one attached hydrogen (secondary N) is 2. The number of carbonyl (C=O) groups is 2. The topological polar surface area (TPSA) is 80.3 Å². The van der Waals surface area contributed by atoms with Crippen LogP contribution in [0, 0.1) is 0 Å². The maximum absolute atomic E-state index is 12.3. The summed E-state index contributed by atoms with van der Waals surface area (Å²) in [5.41, 5.74) is 1.88. The number of pyridine rings is 1. The average molecular weight is 416 g/mol. The Morgan fingerprint density at radius 3 is 2.32 bits per heavy atom. The van der Waals surface area contributed by atoms with Gasteiger partial charge in [0.05, 0.1) is 12.1 Å². The SMILES string of the molecule is COc1cccc(Cl)c1C(=O)NC(=O)Nc1ccc(-c2ccc(Cl)cc2)cn1. The number of imide groups is 1. The molecule has 0 radical (unpaired) electrons. The number of anilines is 1. The van der Waals surface area contributed by atoms with E-state index in [0.717, 1.165) is 11.1 Å². The van der Waals surface area contributed by atoms with Crippen LogP contribution in [0.3, 0.4) is 0 Å². The van der Waals surface area contributed by atoms with Gasteiger partial charge in [-0.1, -0.05) is 41.4 Å². The molecule has 28 heavy (non-hydrogen) atoms. The second-order valence-corrected chi connectivity index (χ2v) is 6.51. The number of urea groups is 1. The molecule has 0 aliphatic carbocycles. The van der Waals surface area contributed by atoms with Gasteiger partial charge in [-0.15, -0.1) is 0 Å². The van der Waals surface area contributed by atoms with Gasteiger partial charge in [0.1, 0.15) is 17.1 Å². The minimum Gasteiger partial charge on any atom is -0.496 e. The molecule has 0 atom stereocenters. The van der Waals surface area contributed by atoms with Gasteiger partial charge >= 0.3 is 6.03 Å². The van der Waals surface area contributed by atoms with Crippen molar-refractivity contribution in [2.45, 2.75) is 0 Å². The van der Waals surface area contributed by atoms with Crippen molar-refractivity contribution in [3.05, 3.63) is 76.4 Å². The zero-order valence-electron chi connectivity index (χ0n) is 14.7. The van der Waals surface area contributed by atoms with Crippen molar-refractivity contribution < 1.29 is 14.3 Å². The van der Waals surface area contributed by atoms with Crippen LogP contribution in [0.5, 0.6) is 5.75 Å². The molecule has 142 valence electrons. The molecule has 0 aliphatic rings. The Balaban J connectivity index is 1.67. The van der Waals surface area contributed by atoms with Crippen LogP contribution >= 0.6 is 23.2 Å². The van der Waals surface area contributed by atoms with Gasteiger partial charge in [0.25, 0.3) is 5.91 Å². The van der Waals surface area contributed by atoms with Crippen LogP contribution in [0.2, 0.25) is 10.0 Å². The molecule has 3 rings (SSSR count). The lowest BCUT2D eigenvalue weighted by Gasteiger charge is -2.11. The van der Waals surface area contributed by atoms with Gasteiger partial charge in [-0.25, -0.2) is 9.78 Å². The third-order valence-electron chi connectivity index (χ3n) is 3.83. The molecule has 6 nitrogen and oxygen atoms in total. The maximum Gasteiger partial charge on any atom is 0.327 e. The van der Waals surface area contributed by atoms with Gasteiger partial charge in [0.2, 0.25) is 0 Å². The second kappa shape index (κ2) is 8.73. The molecule has 3 amide bonds. The molecule has 8 heteroatoms. The smallest absolute Gasteiger partial charge is 0.327 e. The van der Waals surface area contributed by atoms with Crippen molar-refractivity contribution in [3.63, 3.8) is 0 Å². The summed E-state index contributed by atoms with van der Waals surface area (Å²) in [5.74, 6) is -0.130. The van der Waals surface area contributed by atoms with E-state index in [1.54, 1.807) is 42.6 Å². The van der Waals surface area contributed by atoms with E-state index in [9.17, 15) is 9.59 Å². The van der Waals surface area contributed by atoms with Crippen LogP contribution in [0.4, 0.5) is 10.6 Å². The van der Waals surface area contributed by atoms with Crippen molar-refractivity contribution in [3.8, 4) is 16.9 Å². The van der Waals surface area contributed by atoms with E-state index in [1.807, 2.05) is 12.1 Å². The molecular weight excluding hydrogens is 401 g/mol. The minimum absolute atomic E-state index is 0.0767. The summed E-state index contributed by atoms with van der Waals surface area (Å²) in [5, 5.41) is 5.53. The monoisotopic (exact) mass is 415 g/mol.